The van der Waals surface area contributed by atoms with E-state index in [2.05, 4.69) is 34.5 Å². The van der Waals surface area contributed by atoms with Gasteiger partial charge >= 0.3 is 0 Å². The third-order valence-electron chi connectivity index (χ3n) is 4.56. The van der Waals surface area contributed by atoms with Crippen LogP contribution in [0.15, 0.2) is 89.3 Å². The molecule has 1 unspecified atom stereocenters. The third kappa shape index (κ3) is 3.90. The zero-order valence-electron chi connectivity index (χ0n) is 15.1. The molecule has 4 rings (SSSR count). The number of aromatic nitrogens is 2. The molecule has 4 aromatic rings. The number of ether oxygens (including phenoxy) is 1. The lowest BCUT2D eigenvalue weighted by Gasteiger charge is -2.14. The van der Waals surface area contributed by atoms with Gasteiger partial charge in [-0.05, 0) is 41.8 Å². The van der Waals surface area contributed by atoms with E-state index in [1.165, 1.54) is 5.56 Å². The lowest BCUT2D eigenvalue weighted by atomic mass is 9.92. The Morgan fingerprint density at radius 2 is 1.48 bits per heavy atom. The molecule has 4 nitrogen and oxygen atoms in total. The summed E-state index contributed by atoms with van der Waals surface area (Å²) in [5.41, 5.74) is 3.26. The highest BCUT2D eigenvalue weighted by Crippen LogP contribution is 2.30. The Morgan fingerprint density at radius 1 is 0.815 bits per heavy atom. The summed E-state index contributed by atoms with van der Waals surface area (Å²) in [6.45, 7) is 0. The minimum atomic E-state index is -0.00967. The molecule has 1 heterocycles. The zero-order chi connectivity index (χ0) is 18.5. The molecule has 4 heteroatoms. The van der Waals surface area contributed by atoms with Crippen molar-refractivity contribution in [3.05, 3.63) is 102 Å². The lowest BCUT2D eigenvalue weighted by Crippen LogP contribution is -2.05. The summed E-state index contributed by atoms with van der Waals surface area (Å²) in [6, 6.07) is 28.2. The van der Waals surface area contributed by atoms with Gasteiger partial charge in [-0.25, -0.2) is 0 Å². The Balaban J connectivity index is 1.67. The normalized spacial score (nSPS) is 11.9. The maximum atomic E-state index is 6.06. The smallest absolute Gasteiger partial charge is 0.247 e. The predicted octanol–water partition coefficient (Wildman–Crippen LogP) is 5.12. The molecule has 0 amide bonds. The van der Waals surface area contributed by atoms with E-state index in [0.717, 1.165) is 23.3 Å². The van der Waals surface area contributed by atoms with E-state index >= 15 is 0 Å². The van der Waals surface area contributed by atoms with Crippen LogP contribution < -0.4 is 4.74 Å². The van der Waals surface area contributed by atoms with E-state index in [1.807, 2.05) is 60.7 Å². The van der Waals surface area contributed by atoms with Crippen LogP contribution in [0.4, 0.5) is 0 Å². The zero-order valence-corrected chi connectivity index (χ0v) is 15.1. The first-order valence-electron chi connectivity index (χ1n) is 8.90. The molecule has 0 N–H and O–H groups in total. The van der Waals surface area contributed by atoms with Gasteiger partial charge in [0.25, 0.3) is 0 Å². The summed E-state index contributed by atoms with van der Waals surface area (Å²) < 4.78 is 11.3. The highest BCUT2D eigenvalue weighted by molar-refractivity contribution is 5.52. The van der Waals surface area contributed by atoms with Gasteiger partial charge in [-0.15, -0.1) is 10.2 Å². The van der Waals surface area contributed by atoms with Gasteiger partial charge in [0.1, 0.15) is 5.75 Å². The van der Waals surface area contributed by atoms with Crippen LogP contribution in [-0.2, 0) is 6.42 Å². The topological polar surface area (TPSA) is 48.2 Å². The molecule has 1 aromatic heterocycles. The second-order valence-corrected chi connectivity index (χ2v) is 6.33. The Hall–Kier alpha value is -3.40. The number of nitrogens with zero attached hydrogens (tertiary/aromatic N) is 2. The van der Waals surface area contributed by atoms with Crippen LogP contribution in [0, 0.1) is 0 Å². The fourth-order valence-corrected chi connectivity index (χ4v) is 3.10. The van der Waals surface area contributed by atoms with Crippen molar-refractivity contribution in [2.45, 2.75) is 12.3 Å². The van der Waals surface area contributed by atoms with Gasteiger partial charge in [-0.3, -0.25) is 0 Å². The van der Waals surface area contributed by atoms with Crippen molar-refractivity contribution in [3.8, 4) is 17.2 Å². The van der Waals surface area contributed by atoms with E-state index in [-0.39, 0.29) is 5.92 Å². The lowest BCUT2D eigenvalue weighted by molar-refractivity contribution is 0.414. The summed E-state index contributed by atoms with van der Waals surface area (Å²) in [5.74, 6) is 2.00. The molecule has 3 aromatic carbocycles. The molecule has 0 aliphatic heterocycles. The van der Waals surface area contributed by atoms with Gasteiger partial charge in [0.2, 0.25) is 11.8 Å². The second-order valence-electron chi connectivity index (χ2n) is 6.33. The number of methoxy groups -OCH3 is 1. The van der Waals surface area contributed by atoms with Crippen LogP contribution in [-0.4, -0.2) is 17.3 Å². The van der Waals surface area contributed by atoms with Crippen molar-refractivity contribution in [3.63, 3.8) is 0 Å². The number of rotatable bonds is 6. The Bertz CT molecular complexity index is 980. The molecular weight excluding hydrogens is 336 g/mol. The summed E-state index contributed by atoms with van der Waals surface area (Å²) in [4.78, 5) is 0. The summed E-state index contributed by atoms with van der Waals surface area (Å²) in [6.07, 6.45) is 0.768. The summed E-state index contributed by atoms with van der Waals surface area (Å²) in [7, 11) is 1.67. The fraction of sp³-hybridized carbons (Fsp3) is 0.130. The van der Waals surface area contributed by atoms with Crippen LogP contribution in [0.3, 0.4) is 0 Å². The molecule has 27 heavy (non-hydrogen) atoms. The van der Waals surface area contributed by atoms with Gasteiger partial charge in [-0.1, -0.05) is 60.7 Å². The molecule has 0 saturated heterocycles. The highest BCUT2D eigenvalue weighted by Gasteiger charge is 2.22. The van der Waals surface area contributed by atoms with Crippen LogP contribution in [0.2, 0.25) is 0 Å². The number of hydrogen-bond donors (Lipinski definition) is 0. The van der Waals surface area contributed by atoms with E-state index in [0.29, 0.717) is 11.8 Å². The predicted molar refractivity (Wildman–Crippen MR) is 105 cm³/mol. The average molecular weight is 356 g/mol. The standard InChI is InChI=1S/C23H20N2O2/c1-26-20-14-12-17(13-15-20)16-21(18-8-4-2-5-9-18)23-25-24-22(27-23)19-10-6-3-7-11-19/h2-15,21H,16H2,1H3. The van der Waals surface area contributed by atoms with Crippen molar-refractivity contribution in [2.75, 3.05) is 7.11 Å². The first-order chi connectivity index (χ1) is 13.3. The van der Waals surface area contributed by atoms with E-state index in [9.17, 15) is 0 Å². The first-order valence-corrected chi connectivity index (χ1v) is 8.90. The van der Waals surface area contributed by atoms with Gasteiger partial charge in [0.05, 0.1) is 13.0 Å². The maximum absolute atomic E-state index is 6.06. The van der Waals surface area contributed by atoms with Crippen molar-refractivity contribution in [1.82, 2.24) is 10.2 Å². The van der Waals surface area contributed by atoms with Gasteiger partial charge < -0.3 is 9.15 Å². The Morgan fingerprint density at radius 3 is 2.15 bits per heavy atom. The molecule has 0 bridgehead atoms. The molecule has 1 atom stereocenters. The number of benzene rings is 3. The van der Waals surface area contributed by atoms with Gasteiger partial charge in [0.15, 0.2) is 0 Å². The van der Waals surface area contributed by atoms with Crippen molar-refractivity contribution in [1.29, 1.82) is 0 Å². The largest absolute Gasteiger partial charge is 0.497 e. The molecule has 0 saturated carbocycles. The van der Waals surface area contributed by atoms with Gasteiger partial charge in [0, 0.05) is 5.56 Å². The highest BCUT2D eigenvalue weighted by atomic mass is 16.5. The van der Waals surface area contributed by atoms with Crippen molar-refractivity contribution in [2.24, 2.45) is 0 Å². The second kappa shape index (κ2) is 7.87. The SMILES string of the molecule is COc1ccc(CC(c2ccccc2)c2nnc(-c3ccccc3)o2)cc1. The summed E-state index contributed by atoms with van der Waals surface area (Å²) in [5, 5.41) is 8.62. The molecule has 0 aliphatic carbocycles. The minimum absolute atomic E-state index is 0.00967. The van der Waals surface area contributed by atoms with Crippen molar-refractivity contribution >= 4 is 0 Å². The molecular formula is C23H20N2O2. The average Bonchev–Trinajstić information content (AvgIpc) is 3.24. The van der Waals surface area contributed by atoms with Crippen LogP contribution in [0.1, 0.15) is 22.9 Å². The Kier molecular flexibility index (Phi) is 4.97. The quantitative estimate of drug-likeness (QED) is 0.481. The molecule has 0 radical (unpaired) electrons. The fourth-order valence-electron chi connectivity index (χ4n) is 3.10. The van der Waals surface area contributed by atoms with E-state index in [1.54, 1.807) is 7.11 Å². The maximum Gasteiger partial charge on any atom is 0.247 e. The van der Waals surface area contributed by atoms with E-state index < -0.39 is 0 Å². The minimum Gasteiger partial charge on any atom is -0.497 e. The van der Waals surface area contributed by atoms with Gasteiger partial charge in [-0.2, -0.15) is 0 Å². The Labute approximate surface area is 158 Å². The van der Waals surface area contributed by atoms with Crippen LogP contribution >= 0.6 is 0 Å². The number of hydrogen-bond acceptors (Lipinski definition) is 4. The molecule has 134 valence electrons. The molecule has 0 fully saturated rings. The first kappa shape index (κ1) is 17.0. The van der Waals surface area contributed by atoms with Crippen LogP contribution in [0.5, 0.6) is 5.75 Å². The molecule has 0 spiro atoms. The molecule has 0 aliphatic rings. The van der Waals surface area contributed by atoms with E-state index in [4.69, 9.17) is 9.15 Å². The van der Waals surface area contributed by atoms with Crippen molar-refractivity contribution < 1.29 is 9.15 Å². The monoisotopic (exact) mass is 356 g/mol. The van der Waals surface area contributed by atoms with Crippen LogP contribution in [0.25, 0.3) is 11.5 Å². The third-order valence-corrected chi connectivity index (χ3v) is 4.56. The summed E-state index contributed by atoms with van der Waals surface area (Å²) >= 11 is 0.